The van der Waals surface area contributed by atoms with Gasteiger partial charge in [0, 0.05) is 16.5 Å². The van der Waals surface area contributed by atoms with Crippen molar-refractivity contribution < 1.29 is 0 Å². The monoisotopic (exact) mass is 426 g/mol. The van der Waals surface area contributed by atoms with E-state index in [2.05, 4.69) is 34.2 Å². The minimum atomic E-state index is -0.241. The average molecular weight is 427 g/mol. The maximum Gasteiger partial charge on any atom is 0.280 e. The summed E-state index contributed by atoms with van der Waals surface area (Å²) in [4.78, 5) is 17.7. The van der Waals surface area contributed by atoms with Crippen molar-refractivity contribution in [1.29, 1.82) is 5.26 Å². The predicted octanol–water partition coefficient (Wildman–Crippen LogP) is 5.12. The molecule has 0 radical (unpaired) electrons. The number of hydrogen-bond donors (Lipinski definition) is 1. The fraction of sp³-hybridized carbons (Fsp3) is 0.240. The molecular formula is C25H19ClN4O. The maximum atomic E-state index is 13.1. The van der Waals surface area contributed by atoms with E-state index in [1.165, 1.54) is 10.1 Å². The van der Waals surface area contributed by atoms with Gasteiger partial charge >= 0.3 is 0 Å². The van der Waals surface area contributed by atoms with E-state index >= 15 is 0 Å². The van der Waals surface area contributed by atoms with Gasteiger partial charge in [0.05, 0.1) is 16.6 Å². The number of hydrogen-bond acceptors (Lipinski definition) is 3. The van der Waals surface area contributed by atoms with E-state index in [4.69, 9.17) is 18.0 Å². The van der Waals surface area contributed by atoms with Crippen molar-refractivity contribution in [2.75, 3.05) is 0 Å². The molecule has 152 valence electrons. The zero-order chi connectivity index (χ0) is 21.5. The summed E-state index contributed by atoms with van der Waals surface area (Å²) in [6.45, 7) is 0. The summed E-state index contributed by atoms with van der Waals surface area (Å²) in [5, 5.41) is 14.3. The molecule has 1 fully saturated rings. The van der Waals surface area contributed by atoms with Crippen LogP contribution in [-0.2, 0) is 0 Å². The SMILES string of the molecule is C#Cc1ccc2nc3c(C#N)c(C4CCC(c5ccc(Cl)cc5)CC4)[nH]n3c(=O)c2c1. The standard InChI is InChI=1S/C25H19ClN4O/c1-2-15-3-12-22-20(13-15)25(31)30-24(28-22)21(14-27)23(29-30)18-6-4-16(5-7-18)17-8-10-19(26)11-9-17/h1,3,8-13,16,18,29H,4-7H2. The Kier molecular flexibility index (Phi) is 4.77. The van der Waals surface area contributed by atoms with E-state index in [-0.39, 0.29) is 11.5 Å². The normalized spacial score (nSPS) is 18.7. The Hall–Kier alpha value is -3.54. The van der Waals surface area contributed by atoms with Gasteiger partial charge < -0.3 is 0 Å². The zero-order valence-corrected chi connectivity index (χ0v) is 17.5. The topological polar surface area (TPSA) is 73.9 Å². The lowest BCUT2D eigenvalue weighted by molar-refractivity contribution is 0.390. The van der Waals surface area contributed by atoms with Crippen LogP contribution < -0.4 is 5.56 Å². The van der Waals surface area contributed by atoms with Crippen LogP contribution in [0.25, 0.3) is 16.6 Å². The second-order valence-electron chi connectivity index (χ2n) is 8.06. The third-order valence-electron chi connectivity index (χ3n) is 6.35. The van der Waals surface area contributed by atoms with Crippen LogP contribution >= 0.6 is 11.6 Å². The van der Waals surface area contributed by atoms with Gasteiger partial charge in [-0.15, -0.1) is 6.42 Å². The minimum Gasteiger partial charge on any atom is -0.292 e. The van der Waals surface area contributed by atoms with E-state index in [1.807, 2.05) is 12.1 Å². The molecular weight excluding hydrogens is 408 g/mol. The molecule has 5 rings (SSSR count). The number of fused-ring (bicyclic) bond motifs is 2. The van der Waals surface area contributed by atoms with Crippen molar-refractivity contribution >= 4 is 28.2 Å². The summed E-state index contributed by atoms with van der Waals surface area (Å²) in [6.07, 6.45) is 9.38. The highest BCUT2D eigenvalue weighted by Crippen LogP contribution is 2.41. The number of nitrogens with one attached hydrogen (secondary N) is 1. The molecule has 2 aromatic carbocycles. The molecule has 0 spiro atoms. The van der Waals surface area contributed by atoms with Crippen LogP contribution in [0.2, 0.25) is 5.02 Å². The molecule has 1 aliphatic rings. The fourth-order valence-electron chi connectivity index (χ4n) is 4.70. The summed E-state index contributed by atoms with van der Waals surface area (Å²) in [7, 11) is 0. The van der Waals surface area contributed by atoms with Crippen molar-refractivity contribution in [3.63, 3.8) is 0 Å². The van der Waals surface area contributed by atoms with E-state index in [1.54, 1.807) is 18.2 Å². The molecule has 0 bridgehead atoms. The van der Waals surface area contributed by atoms with Gasteiger partial charge in [-0.1, -0.05) is 29.7 Å². The third-order valence-corrected chi connectivity index (χ3v) is 6.60. The van der Waals surface area contributed by atoms with Gasteiger partial charge in [-0.3, -0.25) is 9.89 Å². The number of benzene rings is 2. The van der Waals surface area contributed by atoms with Gasteiger partial charge in [-0.2, -0.15) is 9.78 Å². The van der Waals surface area contributed by atoms with Crippen LogP contribution in [0.1, 0.15) is 59.9 Å². The average Bonchev–Trinajstić information content (AvgIpc) is 3.18. The number of H-pyrrole nitrogens is 1. The fourth-order valence-corrected chi connectivity index (χ4v) is 4.83. The van der Waals surface area contributed by atoms with E-state index in [0.29, 0.717) is 33.6 Å². The lowest BCUT2D eigenvalue weighted by atomic mass is 9.77. The first kappa shape index (κ1) is 19.4. The van der Waals surface area contributed by atoms with Gasteiger partial charge in [0.15, 0.2) is 5.65 Å². The highest BCUT2D eigenvalue weighted by molar-refractivity contribution is 6.30. The molecule has 31 heavy (non-hydrogen) atoms. The van der Waals surface area contributed by atoms with E-state index in [0.717, 1.165) is 36.4 Å². The molecule has 2 aromatic heterocycles. The first-order valence-corrected chi connectivity index (χ1v) is 10.7. The molecule has 1 aliphatic carbocycles. The van der Waals surface area contributed by atoms with Crippen LogP contribution in [0.3, 0.4) is 0 Å². The smallest absolute Gasteiger partial charge is 0.280 e. The van der Waals surface area contributed by atoms with E-state index in [9.17, 15) is 10.1 Å². The first-order chi connectivity index (χ1) is 15.1. The Labute approximate surface area is 184 Å². The lowest BCUT2D eigenvalue weighted by Crippen LogP contribution is -2.16. The van der Waals surface area contributed by atoms with Gasteiger partial charge in [0.2, 0.25) is 0 Å². The number of rotatable bonds is 2. The second-order valence-corrected chi connectivity index (χ2v) is 8.50. The van der Waals surface area contributed by atoms with E-state index < -0.39 is 0 Å². The van der Waals surface area contributed by atoms with Crippen LogP contribution in [0.4, 0.5) is 0 Å². The molecule has 0 unspecified atom stereocenters. The number of halogens is 1. The molecule has 0 aliphatic heterocycles. The number of nitrogens with zero attached hydrogens (tertiary/aromatic N) is 3. The third kappa shape index (κ3) is 3.28. The number of aromatic nitrogens is 3. The molecule has 4 aromatic rings. The molecule has 1 saturated carbocycles. The Morgan fingerprint density at radius 1 is 1.10 bits per heavy atom. The Bertz CT molecular complexity index is 1440. The second kappa shape index (κ2) is 7.61. The van der Waals surface area contributed by atoms with Gasteiger partial charge in [0.1, 0.15) is 11.6 Å². The lowest BCUT2D eigenvalue weighted by Gasteiger charge is -2.28. The van der Waals surface area contributed by atoms with Crippen molar-refractivity contribution in [2.24, 2.45) is 0 Å². The Balaban J connectivity index is 1.52. The van der Waals surface area contributed by atoms with Gasteiger partial charge in [-0.05, 0) is 67.5 Å². The van der Waals surface area contributed by atoms with Crippen LogP contribution in [0.5, 0.6) is 0 Å². The predicted molar refractivity (Wildman–Crippen MR) is 121 cm³/mol. The van der Waals surface area contributed by atoms with Crippen LogP contribution in [-0.4, -0.2) is 14.6 Å². The van der Waals surface area contributed by atoms with Crippen molar-refractivity contribution in [3.05, 3.63) is 80.2 Å². The number of nitriles is 1. The van der Waals surface area contributed by atoms with Crippen molar-refractivity contribution in [2.45, 2.75) is 37.5 Å². The first-order valence-electron chi connectivity index (χ1n) is 10.3. The minimum absolute atomic E-state index is 0.184. The molecule has 1 N–H and O–H groups in total. The summed E-state index contributed by atoms with van der Waals surface area (Å²) in [5.74, 6) is 3.21. The quantitative estimate of drug-likeness (QED) is 0.452. The van der Waals surface area contributed by atoms with Gasteiger partial charge in [0.25, 0.3) is 5.56 Å². The van der Waals surface area contributed by atoms with Gasteiger partial charge in [-0.25, -0.2) is 4.98 Å². The highest BCUT2D eigenvalue weighted by atomic mass is 35.5. The Morgan fingerprint density at radius 3 is 2.48 bits per heavy atom. The molecule has 0 amide bonds. The largest absolute Gasteiger partial charge is 0.292 e. The summed E-state index contributed by atoms with van der Waals surface area (Å²) >= 11 is 6.02. The number of terminal acetylenes is 1. The zero-order valence-electron chi connectivity index (χ0n) is 16.7. The van der Waals surface area contributed by atoms with Crippen molar-refractivity contribution in [1.82, 2.24) is 14.6 Å². The summed E-state index contributed by atoms with van der Waals surface area (Å²) in [5.41, 5.74) is 3.85. The summed E-state index contributed by atoms with van der Waals surface area (Å²) < 4.78 is 1.39. The summed E-state index contributed by atoms with van der Waals surface area (Å²) in [6, 6.07) is 15.5. The van der Waals surface area contributed by atoms with Crippen LogP contribution in [0.15, 0.2) is 47.3 Å². The molecule has 2 heterocycles. The highest BCUT2D eigenvalue weighted by Gasteiger charge is 2.28. The molecule has 6 heteroatoms. The maximum absolute atomic E-state index is 13.1. The van der Waals surface area contributed by atoms with Crippen molar-refractivity contribution in [3.8, 4) is 18.4 Å². The number of aromatic amines is 1. The molecule has 0 atom stereocenters. The Morgan fingerprint density at radius 2 is 1.81 bits per heavy atom. The molecule has 0 saturated heterocycles. The molecule has 5 nitrogen and oxygen atoms in total. The van der Waals surface area contributed by atoms with Crippen LogP contribution in [0, 0.1) is 23.7 Å².